The van der Waals surface area contributed by atoms with Gasteiger partial charge in [0.2, 0.25) is 5.91 Å². The summed E-state index contributed by atoms with van der Waals surface area (Å²) >= 11 is 0. The number of aryl methyl sites for hydroxylation is 1. The molecular weight excluding hydrogens is 410 g/mol. The van der Waals surface area contributed by atoms with E-state index in [9.17, 15) is 22.0 Å². The van der Waals surface area contributed by atoms with Crippen LogP contribution in [-0.4, -0.2) is 20.9 Å². The summed E-state index contributed by atoms with van der Waals surface area (Å²) in [6.07, 6.45) is 0.763. The van der Waals surface area contributed by atoms with E-state index in [0.29, 0.717) is 0 Å². The van der Waals surface area contributed by atoms with Gasteiger partial charge in [-0.05, 0) is 48.4 Å². The molecule has 0 fully saturated rings. The highest BCUT2D eigenvalue weighted by atomic mass is 32.2. The van der Waals surface area contributed by atoms with Crippen molar-refractivity contribution >= 4 is 27.3 Å². The molecule has 0 radical (unpaired) electrons. The number of sulfonamides is 1. The summed E-state index contributed by atoms with van der Waals surface area (Å²) in [5.41, 5.74) is 0.634. The number of nitrogens with zero attached hydrogens (tertiary/aromatic N) is 1. The minimum absolute atomic E-state index is 0.00515. The third kappa shape index (κ3) is 4.65. The van der Waals surface area contributed by atoms with Crippen molar-refractivity contribution < 1.29 is 22.0 Å². The maximum atomic E-state index is 13.9. The van der Waals surface area contributed by atoms with Crippen molar-refractivity contribution in [3.05, 3.63) is 90.0 Å². The van der Waals surface area contributed by atoms with Crippen molar-refractivity contribution in [2.24, 2.45) is 0 Å². The highest BCUT2D eigenvalue weighted by molar-refractivity contribution is 7.92. The number of para-hydroxylation sites is 1. The van der Waals surface area contributed by atoms with Crippen LogP contribution in [-0.2, 0) is 21.2 Å². The lowest BCUT2D eigenvalue weighted by Crippen LogP contribution is -2.38. The van der Waals surface area contributed by atoms with Gasteiger partial charge in [-0.2, -0.15) is 0 Å². The van der Waals surface area contributed by atoms with Crippen molar-refractivity contribution in [1.82, 2.24) is 0 Å². The van der Waals surface area contributed by atoms with Crippen LogP contribution in [0, 0.1) is 11.6 Å². The molecule has 3 rings (SSSR count). The molecule has 0 unspecified atom stereocenters. The average molecular weight is 430 g/mol. The fraction of sp³-hybridized carbons (Fsp3) is 0.136. The molecular formula is C22H20F2N2O3S. The lowest BCUT2D eigenvalue weighted by atomic mass is 10.1. The first kappa shape index (κ1) is 21.4. The summed E-state index contributed by atoms with van der Waals surface area (Å²) < 4.78 is 55.1. The molecule has 3 aromatic carbocycles. The molecule has 0 aliphatic rings. The minimum atomic E-state index is -4.10. The number of benzene rings is 3. The second-order valence-electron chi connectivity index (χ2n) is 6.49. The summed E-state index contributed by atoms with van der Waals surface area (Å²) in [5, 5.41) is 2.13. The van der Waals surface area contributed by atoms with E-state index in [-0.39, 0.29) is 10.6 Å². The van der Waals surface area contributed by atoms with Crippen LogP contribution in [0.2, 0.25) is 0 Å². The van der Waals surface area contributed by atoms with Crippen LogP contribution in [0.25, 0.3) is 0 Å². The highest BCUT2D eigenvalue weighted by Crippen LogP contribution is 2.25. The molecule has 0 heterocycles. The first-order valence-electron chi connectivity index (χ1n) is 9.23. The molecule has 1 amide bonds. The molecule has 3 aromatic rings. The van der Waals surface area contributed by atoms with Crippen LogP contribution in [0.1, 0.15) is 12.5 Å². The number of hydrogen-bond donors (Lipinski definition) is 1. The summed E-state index contributed by atoms with van der Waals surface area (Å²) in [6, 6.07) is 17.5. The van der Waals surface area contributed by atoms with Gasteiger partial charge in [0.05, 0.1) is 10.6 Å². The van der Waals surface area contributed by atoms with E-state index >= 15 is 0 Å². The number of nitrogens with one attached hydrogen (secondary N) is 1. The van der Waals surface area contributed by atoms with Gasteiger partial charge in [-0.3, -0.25) is 9.10 Å². The fourth-order valence-corrected chi connectivity index (χ4v) is 4.30. The van der Waals surface area contributed by atoms with E-state index in [1.165, 1.54) is 18.2 Å². The predicted octanol–water partition coefficient (Wildman–Crippen LogP) is 4.36. The van der Waals surface area contributed by atoms with Crippen LogP contribution >= 0.6 is 0 Å². The van der Waals surface area contributed by atoms with E-state index in [1.807, 2.05) is 6.92 Å². The van der Waals surface area contributed by atoms with Gasteiger partial charge in [0.1, 0.15) is 23.9 Å². The van der Waals surface area contributed by atoms with Crippen LogP contribution in [0.5, 0.6) is 0 Å². The Morgan fingerprint density at radius 1 is 0.900 bits per heavy atom. The monoisotopic (exact) mass is 430 g/mol. The van der Waals surface area contributed by atoms with E-state index in [0.717, 1.165) is 28.4 Å². The maximum Gasteiger partial charge on any atom is 0.264 e. The molecule has 0 atom stereocenters. The summed E-state index contributed by atoms with van der Waals surface area (Å²) in [4.78, 5) is 12.5. The van der Waals surface area contributed by atoms with Gasteiger partial charge >= 0.3 is 0 Å². The minimum Gasteiger partial charge on any atom is -0.320 e. The average Bonchev–Trinajstić information content (AvgIpc) is 2.75. The Morgan fingerprint density at radius 2 is 1.50 bits per heavy atom. The maximum absolute atomic E-state index is 13.9. The fourth-order valence-electron chi connectivity index (χ4n) is 2.86. The normalized spacial score (nSPS) is 11.2. The molecule has 30 heavy (non-hydrogen) atoms. The second-order valence-corrected chi connectivity index (χ2v) is 8.35. The van der Waals surface area contributed by atoms with E-state index in [2.05, 4.69) is 5.32 Å². The third-order valence-electron chi connectivity index (χ3n) is 4.48. The van der Waals surface area contributed by atoms with Gasteiger partial charge in [-0.15, -0.1) is 0 Å². The van der Waals surface area contributed by atoms with E-state index in [4.69, 9.17) is 0 Å². The zero-order valence-electron chi connectivity index (χ0n) is 16.2. The molecule has 0 aliphatic heterocycles. The largest absolute Gasteiger partial charge is 0.320 e. The topological polar surface area (TPSA) is 66.5 Å². The molecule has 0 saturated heterocycles. The molecule has 0 aromatic heterocycles. The number of amides is 1. The number of carbonyl (C=O) groups is 1. The smallest absolute Gasteiger partial charge is 0.264 e. The Labute approximate surface area is 174 Å². The molecule has 0 spiro atoms. The van der Waals surface area contributed by atoms with Gasteiger partial charge in [-0.25, -0.2) is 17.2 Å². The van der Waals surface area contributed by atoms with Crippen LogP contribution in [0.4, 0.5) is 20.2 Å². The van der Waals surface area contributed by atoms with Gasteiger partial charge in [-0.1, -0.05) is 43.3 Å². The SMILES string of the molecule is CCc1ccc(N(CC(=O)Nc2c(F)cccc2F)S(=O)(=O)c2ccccc2)cc1. The number of anilines is 2. The van der Waals surface area contributed by atoms with Crippen LogP contribution in [0.3, 0.4) is 0 Å². The number of carbonyl (C=O) groups excluding carboxylic acids is 1. The molecule has 0 saturated carbocycles. The lowest BCUT2D eigenvalue weighted by molar-refractivity contribution is -0.114. The van der Waals surface area contributed by atoms with Gasteiger partial charge < -0.3 is 5.32 Å². The molecule has 0 aliphatic carbocycles. The summed E-state index contributed by atoms with van der Waals surface area (Å²) in [6.45, 7) is 1.31. The Bertz CT molecular complexity index is 1110. The Hall–Kier alpha value is -3.26. The second kappa shape index (κ2) is 9.04. The van der Waals surface area contributed by atoms with Gasteiger partial charge in [0, 0.05) is 0 Å². The molecule has 8 heteroatoms. The predicted molar refractivity (Wildman–Crippen MR) is 112 cm³/mol. The molecule has 156 valence electrons. The van der Waals surface area contributed by atoms with Crippen molar-refractivity contribution in [2.75, 3.05) is 16.2 Å². The van der Waals surface area contributed by atoms with Crippen molar-refractivity contribution in [1.29, 1.82) is 0 Å². The first-order chi connectivity index (χ1) is 14.3. The Kier molecular flexibility index (Phi) is 6.47. The summed E-state index contributed by atoms with van der Waals surface area (Å²) in [5.74, 6) is -2.78. The number of halogens is 2. The van der Waals surface area contributed by atoms with E-state index in [1.54, 1.807) is 42.5 Å². The zero-order chi connectivity index (χ0) is 21.7. The van der Waals surface area contributed by atoms with Crippen molar-refractivity contribution in [2.45, 2.75) is 18.2 Å². The van der Waals surface area contributed by atoms with Gasteiger partial charge in [0.15, 0.2) is 0 Å². The molecule has 5 nitrogen and oxygen atoms in total. The molecule has 0 bridgehead atoms. The van der Waals surface area contributed by atoms with Gasteiger partial charge in [0.25, 0.3) is 10.0 Å². The van der Waals surface area contributed by atoms with Crippen molar-refractivity contribution in [3.8, 4) is 0 Å². The van der Waals surface area contributed by atoms with E-state index < -0.39 is 39.8 Å². The number of rotatable bonds is 7. The quantitative estimate of drug-likeness (QED) is 0.606. The summed E-state index contributed by atoms with van der Waals surface area (Å²) in [7, 11) is -4.10. The van der Waals surface area contributed by atoms with Crippen LogP contribution in [0.15, 0.2) is 77.7 Å². The Morgan fingerprint density at radius 3 is 2.07 bits per heavy atom. The zero-order valence-corrected chi connectivity index (χ0v) is 17.0. The number of hydrogen-bond acceptors (Lipinski definition) is 3. The molecule has 1 N–H and O–H groups in total. The standard InChI is InChI=1S/C22H20F2N2O3S/c1-2-16-11-13-17(14-12-16)26(30(28,29)18-7-4-3-5-8-18)15-21(27)25-22-19(23)9-6-10-20(22)24/h3-14H,2,15H2,1H3,(H,25,27). The lowest BCUT2D eigenvalue weighted by Gasteiger charge is -2.24. The first-order valence-corrected chi connectivity index (χ1v) is 10.7. The van der Waals surface area contributed by atoms with Crippen molar-refractivity contribution in [3.63, 3.8) is 0 Å². The highest BCUT2D eigenvalue weighted by Gasteiger charge is 2.27. The third-order valence-corrected chi connectivity index (χ3v) is 6.27. The van der Waals surface area contributed by atoms with Crippen LogP contribution < -0.4 is 9.62 Å². The Balaban J connectivity index is 1.96.